The van der Waals surface area contributed by atoms with E-state index in [2.05, 4.69) is 25.7 Å². The van der Waals surface area contributed by atoms with Crippen LogP contribution in [-0.2, 0) is 16.1 Å². The van der Waals surface area contributed by atoms with Gasteiger partial charge in [-0.2, -0.15) is 5.10 Å². The minimum absolute atomic E-state index is 0.0778. The summed E-state index contributed by atoms with van der Waals surface area (Å²) in [6.07, 6.45) is 3.69. The van der Waals surface area contributed by atoms with Crippen molar-refractivity contribution in [2.45, 2.75) is 17.6 Å². The zero-order chi connectivity index (χ0) is 24.2. The average molecular weight is 491 g/mol. The zero-order valence-corrected chi connectivity index (χ0v) is 20.3. The van der Waals surface area contributed by atoms with Crippen LogP contribution >= 0.6 is 11.8 Å². The van der Waals surface area contributed by atoms with Crippen molar-refractivity contribution in [3.8, 4) is 11.5 Å². The molecule has 0 saturated heterocycles. The fourth-order valence-corrected chi connectivity index (χ4v) is 4.54. The molecule has 10 heteroatoms. The van der Waals surface area contributed by atoms with Crippen LogP contribution in [0.4, 0.5) is 5.82 Å². The number of hydrogen-bond acceptors (Lipinski definition) is 8. The van der Waals surface area contributed by atoms with Gasteiger partial charge in [-0.3, -0.25) is 4.79 Å². The van der Waals surface area contributed by atoms with Crippen molar-refractivity contribution in [3.63, 3.8) is 0 Å². The topological polar surface area (TPSA) is 103 Å². The van der Waals surface area contributed by atoms with Gasteiger partial charge in [-0.05, 0) is 18.4 Å². The molecule has 0 aliphatic carbocycles. The molecule has 1 aliphatic rings. The van der Waals surface area contributed by atoms with Gasteiger partial charge in [0, 0.05) is 31.3 Å². The second-order valence-electron chi connectivity index (χ2n) is 7.99. The lowest BCUT2D eigenvalue weighted by atomic mass is 9.87. The van der Waals surface area contributed by atoms with Crippen LogP contribution in [0.5, 0.6) is 11.5 Å². The summed E-state index contributed by atoms with van der Waals surface area (Å²) in [5.41, 5.74) is 2.44. The third-order valence-electron chi connectivity index (χ3n) is 5.82. The van der Waals surface area contributed by atoms with E-state index in [0.29, 0.717) is 42.9 Å². The van der Waals surface area contributed by atoms with Crippen molar-refractivity contribution in [1.29, 1.82) is 0 Å². The van der Waals surface area contributed by atoms with E-state index in [1.165, 1.54) is 11.8 Å². The lowest BCUT2D eigenvalue weighted by molar-refractivity contribution is -0.121. The standard InChI is InChI=1S/C25H26N6O3S/c1-33-14-12-26-22-18-15-28-31(23(18)30-25(29-22)35-2)13-11-27-24(32)21-16-7-3-5-9-19(16)34-20-10-6-4-8-17(20)21/h3-10,15,21H,11-14H2,1-2H3,(H,27,32)(H,26,29,30). The molecule has 0 fully saturated rings. The maximum absolute atomic E-state index is 13.4. The van der Waals surface area contributed by atoms with Crippen molar-refractivity contribution in [1.82, 2.24) is 25.1 Å². The van der Waals surface area contributed by atoms with Gasteiger partial charge in [0.05, 0.1) is 30.7 Å². The molecule has 0 atom stereocenters. The van der Waals surface area contributed by atoms with Crippen molar-refractivity contribution in [3.05, 3.63) is 65.9 Å². The summed E-state index contributed by atoms with van der Waals surface area (Å²) in [7, 11) is 1.66. The number of benzene rings is 2. The lowest BCUT2D eigenvalue weighted by Crippen LogP contribution is -2.33. The van der Waals surface area contributed by atoms with E-state index in [1.54, 1.807) is 18.0 Å². The Morgan fingerprint density at radius 3 is 2.49 bits per heavy atom. The average Bonchev–Trinajstić information content (AvgIpc) is 3.30. The van der Waals surface area contributed by atoms with Gasteiger partial charge < -0.3 is 20.1 Å². The van der Waals surface area contributed by atoms with Crippen LogP contribution in [-0.4, -0.2) is 58.7 Å². The van der Waals surface area contributed by atoms with E-state index in [-0.39, 0.29) is 5.91 Å². The highest BCUT2D eigenvalue weighted by Gasteiger charge is 2.32. The molecule has 2 N–H and O–H groups in total. The lowest BCUT2D eigenvalue weighted by Gasteiger charge is -2.27. The van der Waals surface area contributed by atoms with Gasteiger partial charge >= 0.3 is 0 Å². The number of amides is 1. The van der Waals surface area contributed by atoms with Crippen molar-refractivity contribution in [2.75, 3.05) is 38.4 Å². The number of ether oxygens (including phenoxy) is 2. The summed E-state index contributed by atoms with van der Waals surface area (Å²) >= 11 is 1.47. The fraction of sp³-hybridized carbons (Fsp3) is 0.280. The number of thioether (sulfide) groups is 1. The third kappa shape index (κ3) is 4.67. The Bertz CT molecular complexity index is 1310. The van der Waals surface area contributed by atoms with E-state index < -0.39 is 5.92 Å². The molecule has 2 aromatic heterocycles. The summed E-state index contributed by atoms with van der Waals surface area (Å²) in [5.74, 6) is 1.62. The first-order valence-electron chi connectivity index (χ1n) is 11.3. The van der Waals surface area contributed by atoms with Crippen molar-refractivity contribution < 1.29 is 14.3 Å². The summed E-state index contributed by atoms with van der Waals surface area (Å²) in [6.45, 7) is 2.08. The van der Waals surface area contributed by atoms with Crippen LogP contribution in [0.25, 0.3) is 11.0 Å². The molecule has 1 amide bonds. The van der Waals surface area contributed by atoms with Gasteiger partial charge in [0.2, 0.25) is 5.91 Å². The molecule has 0 radical (unpaired) electrons. The molecule has 5 rings (SSSR count). The monoisotopic (exact) mass is 490 g/mol. The number of fused-ring (bicyclic) bond motifs is 3. The van der Waals surface area contributed by atoms with Crippen LogP contribution in [0.3, 0.4) is 0 Å². The summed E-state index contributed by atoms with van der Waals surface area (Å²) < 4.78 is 12.9. The number of hydrogen-bond donors (Lipinski definition) is 2. The number of para-hydroxylation sites is 2. The van der Waals surface area contributed by atoms with E-state index in [9.17, 15) is 4.79 Å². The SMILES string of the molecule is COCCNc1nc(SC)nc2c1cnn2CCNC(=O)C1c2ccccc2Oc2ccccc21. The molecule has 180 valence electrons. The fourth-order valence-electron chi connectivity index (χ4n) is 4.18. The highest BCUT2D eigenvalue weighted by atomic mass is 32.2. The van der Waals surface area contributed by atoms with Gasteiger partial charge in [-0.1, -0.05) is 48.2 Å². The van der Waals surface area contributed by atoms with E-state index in [0.717, 1.165) is 28.0 Å². The van der Waals surface area contributed by atoms with E-state index in [4.69, 9.17) is 9.47 Å². The number of rotatable bonds is 9. The molecule has 0 saturated carbocycles. The molecule has 0 unspecified atom stereocenters. The van der Waals surface area contributed by atoms with Gasteiger partial charge in [0.25, 0.3) is 0 Å². The number of carbonyl (C=O) groups excluding carboxylic acids is 1. The van der Waals surface area contributed by atoms with Gasteiger partial charge in [0.1, 0.15) is 17.3 Å². The van der Waals surface area contributed by atoms with Crippen molar-refractivity contribution in [2.24, 2.45) is 0 Å². The molecular formula is C25H26N6O3S. The molecule has 3 heterocycles. The van der Waals surface area contributed by atoms with E-state index in [1.807, 2.05) is 54.8 Å². The molecule has 0 spiro atoms. The second kappa shape index (κ2) is 10.3. The predicted molar refractivity (Wildman–Crippen MR) is 135 cm³/mol. The highest BCUT2D eigenvalue weighted by molar-refractivity contribution is 7.98. The minimum Gasteiger partial charge on any atom is -0.457 e. The molecular weight excluding hydrogens is 464 g/mol. The Hall–Kier alpha value is -3.63. The minimum atomic E-state index is -0.437. The Balaban J connectivity index is 1.33. The Labute approximate surface area is 207 Å². The smallest absolute Gasteiger partial charge is 0.232 e. The number of anilines is 1. The maximum Gasteiger partial charge on any atom is 0.232 e. The number of methoxy groups -OCH3 is 1. The third-order valence-corrected chi connectivity index (χ3v) is 6.37. The highest BCUT2D eigenvalue weighted by Crippen LogP contribution is 2.43. The molecule has 1 aliphatic heterocycles. The first-order chi connectivity index (χ1) is 17.2. The van der Waals surface area contributed by atoms with Crippen LogP contribution in [0.2, 0.25) is 0 Å². The van der Waals surface area contributed by atoms with Gasteiger partial charge in [-0.25, -0.2) is 14.6 Å². The largest absolute Gasteiger partial charge is 0.457 e. The summed E-state index contributed by atoms with van der Waals surface area (Å²) in [4.78, 5) is 22.6. The van der Waals surface area contributed by atoms with Crippen LogP contribution < -0.4 is 15.4 Å². The number of nitrogens with one attached hydrogen (secondary N) is 2. The second-order valence-corrected chi connectivity index (χ2v) is 8.76. The first-order valence-corrected chi connectivity index (χ1v) is 12.6. The Kier molecular flexibility index (Phi) is 6.82. The van der Waals surface area contributed by atoms with Crippen LogP contribution in [0, 0.1) is 0 Å². The summed E-state index contributed by atoms with van der Waals surface area (Å²) in [5, 5.41) is 12.4. The van der Waals surface area contributed by atoms with Gasteiger partial charge in [0.15, 0.2) is 10.8 Å². The first kappa shape index (κ1) is 23.1. The number of carbonyl (C=O) groups is 1. The number of nitrogens with zero attached hydrogens (tertiary/aromatic N) is 4. The van der Waals surface area contributed by atoms with Crippen LogP contribution in [0.15, 0.2) is 59.9 Å². The summed E-state index contributed by atoms with van der Waals surface area (Å²) in [6, 6.07) is 15.3. The quantitative estimate of drug-likeness (QED) is 0.208. The maximum atomic E-state index is 13.4. The molecule has 4 aromatic rings. The Morgan fingerprint density at radius 1 is 1.09 bits per heavy atom. The van der Waals surface area contributed by atoms with E-state index >= 15 is 0 Å². The zero-order valence-electron chi connectivity index (χ0n) is 19.5. The molecule has 0 bridgehead atoms. The Morgan fingerprint density at radius 2 is 1.80 bits per heavy atom. The molecule has 35 heavy (non-hydrogen) atoms. The predicted octanol–water partition coefficient (Wildman–Crippen LogP) is 3.66. The molecule has 9 nitrogen and oxygen atoms in total. The van der Waals surface area contributed by atoms with Crippen LogP contribution in [0.1, 0.15) is 17.0 Å². The van der Waals surface area contributed by atoms with Crippen molar-refractivity contribution >= 4 is 34.5 Å². The molecule has 2 aromatic carbocycles. The normalized spacial score (nSPS) is 12.6. The number of aromatic nitrogens is 4. The van der Waals surface area contributed by atoms with Gasteiger partial charge in [-0.15, -0.1) is 0 Å².